The fourth-order valence-electron chi connectivity index (χ4n) is 2.82. The maximum absolute atomic E-state index is 11.8. The maximum atomic E-state index is 11.8. The van der Waals surface area contributed by atoms with Crippen molar-refractivity contribution < 1.29 is 9.90 Å². The number of nitrogens with zero attached hydrogens (tertiary/aromatic N) is 1. The van der Waals surface area contributed by atoms with Crippen molar-refractivity contribution in [3.05, 3.63) is 63.6 Å². The minimum Gasteiger partial charge on any atom is -0.478 e. The Morgan fingerprint density at radius 1 is 1.12 bits per heavy atom. The van der Waals surface area contributed by atoms with Crippen molar-refractivity contribution in [2.24, 2.45) is 0 Å². The van der Waals surface area contributed by atoms with Crippen LogP contribution in [0.4, 0.5) is 0 Å². The van der Waals surface area contributed by atoms with E-state index in [4.69, 9.17) is 23.2 Å². The molecule has 0 spiro atoms. The van der Waals surface area contributed by atoms with Gasteiger partial charge in [0, 0.05) is 16.0 Å². The molecule has 0 fully saturated rings. The lowest BCUT2D eigenvalue weighted by atomic mass is 10.0. The molecule has 3 aromatic rings. The minimum absolute atomic E-state index is 0.217. The highest BCUT2D eigenvalue weighted by atomic mass is 35.5. The highest BCUT2D eigenvalue weighted by Gasteiger charge is 2.15. The van der Waals surface area contributed by atoms with Crippen LogP contribution in [0.5, 0.6) is 0 Å². The summed E-state index contributed by atoms with van der Waals surface area (Å²) in [6, 6.07) is 12.4. The lowest BCUT2D eigenvalue weighted by Gasteiger charge is -2.10. The van der Waals surface area contributed by atoms with Gasteiger partial charge in [-0.1, -0.05) is 42.6 Å². The Bertz CT molecular complexity index is 954. The molecule has 5 heteroatoms. The highest BCUT2D eigenvalue weighted by Crippen LogP contribution is 2.32. The second-order valence-electron chi connectivity index (χ2n) is 5.94. The van der Waals surface area contributed by atoms with Crippen molar-refractivity contribution in [3.63, 3.8) is 0 Å². The Morgan fingerprint density at radius 2 is 1.92 bits per heavy atom. The molecule has 25 heavy (non-hydrogen) atoms. The smallest absolute Gasteiger partial charge is 0.336 e. The summed E-state index contributed by atoms with van der Waals surface area (Å²) in [5, 5.41) is 11.3. The fraction of sp³-hybridized carbons (Fsp3) is 0.200. The van der Waals surface area contributed by atoms with Crippen LogP contribution in [0.2, 0.25) is 10.0 Å². The summed E-state index contributed by atoms with van der Waals surface area (Å²) >= 11 is 12.3. The van der Waals surface area contributed by atoms with E-state index in [2.05, 4.69) is 11.9 Å². The van der Waals surface area contributed by atoms with Crippen LogP contribution in [-0.4, -0.2) is 16.1 Å². The second-order valence-corrected chi connectivity index (χ2v) is 6.78. The normalized spacial score (nSPS) is 11.0. The van der Waals surface area contributed by atoms with Crippen LogP contribution in [0.15, 0.2) is 42.5 Å². The van der Waals surface area contributed by atoms with Gasteiger partial charge in [-0.3, -0.25) is 0 Å². The molecule has 0 saturated carbocycles. The predicted octanol–water partition coefficient (Wildman–Crippen LogP) is 6.25. The summed E-state index contributed by atoms with van der Waals surface area (Å²) in [6.07, 6.45) is 3.08. The van der Waals surface area contributed by atoms with Crippen molar-refractivity contribution in [2.75, 3.05) is 0 Å². The number of aromatic carboxylic acids is 1. The number of pyridine rings is 1. The Balaban J connectivity index is 2.20. The average molecular weight is 374 g/mol. The molecule has 3 nitrogen and oxygen atoms in total. The van der Waals surface area contributed by atoms with Crippen LogP contribution < -0.4 is 0 Å². The summed E-state index contributed by atoms with van der Waals surface area (Å²) in [7, 11) is 0. The molecule has 128 valence electrons. The molecule has 0 saturated heterocycles. The average Bonchev–Trinajstić information content (AvgIpc) is 2.60. The fourth-order valence-corrected chi connectivity index (χ4v) is 3.20. The highest BCUT2D eigenvalue weighted by molar-refractivity contribution is 6.35. The zero-order chi connectivity index (χ0) is 18.0. The molecular weight excluding hydrogens is 357 g/mol. The van der Waals surface area contributed by atoms with Gasteiger partial charge in [0.05, 0.1) is 21.8 Å². The molecule has 1 aromatic heterocycles. The van der Waals surface area contributed by atoms with E-state index in [0.29, 0.717) is 32.2 Å². The van der Waals surface area contributed by atoms with Gasteiger partial charge in [0.15, 0.2) is 0 Å². The molecule has 0 aliphatic rings. The number of carboxylic acids is 1. The third-order valence-electron chi connectivity index (χ3n) is 4.13. The number of aromatic nitrogens is 1. The van der Waals surface area contributed by atoms with E-state index in [1.165, 1.54) is 0 Å². The molecule has 0 unspecified atom stereocenters. The van der Waals surface area contributed by atoms with E-state index in [1.807, 2.05) is 18.2 Å². The number of aryl methyl sites for hydroxylation is 1. The molecule has 0 amide bonds. The standard InChI is InChI=1S/C20H17Cl2NO2/c1-2-3-4-12-5-8-18-14(9-12)15(20(24)25)11-19(23-18)16-10-13(21)6-7-17(16)22/h5-11H,2-4H2,1H3,(H,24,25). The Morgan fingerprint density at radius 3 is 2.64 bits per heavy atom. The minimum atomic E-state index is -0.987. The number of carboxylic acid groups (broad SMARTS) is 1. The molecule has 1 heterocycles. The molecule has 0 aliphatic heterocycles. The Kier molecular flexibility index (Phi) is 5.26. The lowest BCUT2D eigenvalue weighted by molar-refractivity contribution is 0.0699. The zero-order valence-corrected chi connectivity index (χ0v) is 15.2. The van der Waals surface area contributed by atoms with E-state index in [0.717, 1.165) is 24.8 Å². The first-order valence-electron chi connectivity index (χ1n) is 8.12. The molecule has 2 aromatic carbocycles. The van der Waals surface area contributed by atoms with Gasteiger partial charge in [-0.2, -0.15) is 0 Å². The number of hydrogen-bond donors (Lipinski definition) is 1. The maximum Gasteiger partial charge on any atom is 0.336 e. The van der Waals surface area contributed by atoms with E-state index < -0.39 is 5.97 Å². The third-order valence-corrected chi connectivity index (χ3v) is 4.69. The van der Waals surface area contributed by atoms with Crippen LogP contribution in [-0.2, 0) is 6.42 Å². The largest absolute Gasteiger partial charge is 0.478 e. The Hall–Kier alpha value is -2.10. The molecule has 0 radical (unpaired) electrons. The number of carbonyl (C=O) groups is 1. The molecule has 0 bridgehead atoms. The van der Waals surface area contributed by atoms with Crippen molar-refractivity contribution in [2.45, 2.75) is 26.2 Å². The molecular formula is C20H17Cl2NO2. The molecule has 1 N–H and O–H groups in total. The van der Waals surface area contributed by atoms with Gasteiger partial charge in [0.2, 0.25) is 0 Å². The summed E-state index contributed by atoms with van der Waals surface area (Å²) < 4.78 is 0. The number of unbranched alkanes of at least 4 members (excludes halogenated alkanes) is 1. The van der Waals surface area contributed by atoms with E-state index >= 15 is 0 Å². The Labute approximate surface area is 156 Å². The van der Waals surface area contributed by atoms with E-state index in [1.54, 1.807) is 24.3 Å². The van der Waals surface area contributed by atoms with Gasteiger partial charge in [-0.15, -0.1) is 0 Å². The zero-order valence-electron chi connectivity index (χ0n) is 13.7. The van der Waals surface area contributed by atoms with Gasteiger partial charge in [-0.05, 0) is 54.8 Å². The van der Waals surface area contributed by atoms with Gasteiger partial charge in [0.1, 0.15) is 0 Å². The van der Waals surface area contributed by atoms with E-state index in [-0.39, 0.29) is 5.56 Å². The van der Waals surface area contributed by atoms with Crippen LogP contribution in [0, 0.1) is 0 Å². The van der Waals surface area contributed by atoms with Crippen LogP contribution in [0.25, 0.3) is 22.2 Å². The number of rotatable bonds is 5. The second kappa shape index (κ2) is 7.42. The first-order chi connectivity index (χ1) is 12.0. The number of fused-ring (bicyclic) bond motifs is 1. The van der Waals surface area contributed by atoms with Crippen LogP contribution in [0.3, 0.4) is 0 Å². The molecule has 3 rings (SSSR count). The van der Waals surface area contributed by atoms with Crippen molar-refractivity contribution in [1.29, 1.82) is 0 Å². The summed E-state index contributed by atoms with van der Waals surface area (Å²) in [6.45, 7) is 2.13. The van der Waals surface area contributed by atoms with Crippen molar-refractivity contribution >= 4 is 40.1 Å². The first-order valence-corrected chi connectivity index (χ1v) is 8.87. The quantitative estimate of drug-likeness (QED) is 0.574. The van der Waals surface area contributed by atoms with Crippen molar-refractivity contribution in [3.8, 4) is 11.3 Å². The monoisotopic (exact) mass is 373 g/mol. The van der Waals surface area contributed by atoms with Crippen molar-refractivity contribution in [1.82, 2.24) is 4.98 Å². The van der Waals surface area contributed by atoms with E-state index in [9.17, 15) is 9.90 Å². The van der Waals surface area contributed by atoms with Gasteiger partial charge < -0.3 is 5.11 Å². The summed E-state index contributed by atoms with van der Waals surface area (Å²) in [4.78, 5) is 16.4. The molecule has 0 aliphatic carbocycles. The van der Waals surface area contributed by atoms with Crippen LogP contribution in [0.1, 0.15) is 35.7 Å². The number of halogens is 2. The third kappa shape index (κ3) is 3.78. The SMILES string of the molecule is CCCCc1ccc2nc(-c3cc(Cl)ccc3Cl)cc(C(=O)O)c2c1. The topological polar surface area (TPSA) is 50.2 Å². The molecule has 0 atom stereocenters. The number of hydrogen-bond acceptors (Lipinski definition) is 2. The summed E-state index contributed by atoms with van der Waals surface area (Å²) in [5.74, 6) is -0.987. The van der Waals surface area contributed by atoms with Gasteiger partial charge >= 0.3 is 5.97 Å². The van der Waals surface area contributed by atoms with Crippen LogP contribution >= 0.6 is 23.2 Å². The lowest BCUT2D eigenvalue weighted by Crippen LogP contribution is -2.01. The van der Waals surface area contributed by atoms with Gasteiger partial charge in [0.25, 0.3) is 0 Å². The number of benzene rings is 2. The summed E-state index contributed by atoms with van der Waals surface area (Å²) in [5.41, 5.74) is 3.08. The first kappa shape index (κ1) is 17.7. The van der Waals surface area contributed by atoms with Gasteiger partial charge in [-0.25, -0.2) is 9.78 Å². The predicted molar refractivity (Wildman–Crippen MR) is 103 cm³/mol.